The second kappa shape index (κ2) is 6.83. The monoisotopic (exact) mass is 303 g/mol. The standard InChI is InChI=1S/C13H12F3NO4/c1-3-20-11(18)6-8-4-5-10(21-13(14,15)16)9(7-17)12(8)19-2/h4-5H,3,6H2,1-2H3. The molecule has 0 fully saturated rings. The van der Waals surface area contributed by atoms with E-state index in [0.29, 0.717) is 0 Å². The van der Waals surface area contributed by atoms with Crippen molar-refractivity contribution in [2.75, 3.05) is 13.7 Å². The third-order valence-electron chi connectivity index (χ3n) is 2.38. The Morgan fingerprint density at radius 2 is 2.05 bits per heavy atom. The number of halogens is 3. The minimum atomic E-state index is -4.93. The normalized spacial score (nSPS) is 10.7. The highest BCUT2D eigenvalue weighted by molar-refractivity contribution is 5.74. The van der Waals surface area contributed by atoms with Crippen molar-refractivity contribution in [3.63, 3.8) is 0 Å². The van der Waals surface area contributed by atoms with E-state index in [1.54, 1.807) is 13.0 Å². The number of esters is 1. The Kier molecular flexibility index (Phi) is 5.41. The summed E-state index contributed by atoms with van der Waals surface area (Å²) in [6.07, 6.45) is -5.16. The molecule has 0 bridgehead atoms. The summed E-state index contributed by atoms with van der Waals surface area (Å²) in [4.78, 5) is 11.4. The van der Waals surface area contributed by atoms with Crippen LogP contribution in [0.5, 0.6) is 11.5 Å². The Balaban J connectivity index is 3.20. The number of nitrogens with zero attached hydrogens (tertiary/aromatic N) is 1. The molecule has 0 atom stereocenters. The summed E-state index contributed by atoms with van der Waals surface area (Å²) in [5.41, 5.74) is -0.196. The van der Waals surface area contributed by atoms with Crippen molar-refractivity contribution in [2.24, 2.45) is 0 Å². The topological polar surface area (TPSA) is 68.5 Å². The third-order valence-corrected chi connectivity index (χ3v) is 2.38. The summed E-state index contributed by atoms with van der Waals surface area (Å²) in [6, 6.07) is 3.76. The minimum Gasteiger partial charge on any atom is -0.495 e. The maximum atomic E-state index is 12.3. The zero-order valence-electron chi connectivity index (χ0n) is 11.3. The number of hydrogen-bond acceptors (Lipinski definition) is 5. The maximum absolute atomic E-state index is 12.3. The molecule has 0 aliphatic rings. The lowest BCUT2D eigenvalue weighted by Gasteiger charge is -2.15. The number of ether oxygens (including phenoxy) is 3. The van der Waals surface area contributed by atoms with E-state index in [1.807, 2.05) is 0 Å². The molecule has 0 radical (unpaired) electrons. The third kappa shape index (κ3) is 4.56. The quantitative estimate of drug-likeness (QED) is 0.782. The predicted octanol–water partition coefficient (Wildman–Crippen LogP) is 2.57. The van der Waals surface area contributed by atoms with Gasteiger partial charge in [-0.3, -0.25) is 4.79 Å². The van der Waals surface area contributed by atoms with Crippen molar-refractivity contribution < 1.29 is 32.2 Å². The van der Waals surface area contributed by atoms with Crippen LogP contribution >= 0.6 is 0 Å². The van der Waals surface area contributed by atoms with Crippen LogP contribution in [0.15, 0.2) is 12.1 Å². The van der Waals surface area contributed by atoms with Crippen LogP contribution in [-0.2, 0) is 16.0 Å². The molecule has 0 saturated heterocycles. The Labute approximate surface area is 118 Å². The van der Waals surface area contributed by atoms with Crippen LogP contribution in [0.1, 0.15) is 18.1 Å². The van der Waals surface area contributed by atoms with Gasteiger partial charge in [0.15, 0.2) is 5.75 Å². The van der Waals surface area contributed by atoms with E-state index in [9.17, 15) is 18.0 Å². The molecular formula is C13H12F3NO4. The van der Waals surface area contributed by atoms with Crippen molar-refractivity contribution in [3.05, 3.63) is 23.3 Å². The Bertz CT molecular complexity index is 564. The molecule has 0 amide bonds. The first-order valence-corrected chi connectivity index (χ1v) is 5.83. The van der Waals surface area contributed by atoms with Gasteiger partial charge in [0.25, 0.3) is 0 Å². The number of hydrogen-bond donors (Lipinski definition) is 0. The number of methoxy groups -OCH3 is 1. The van der Waals surface area contributed by atoms with E-state index in [-0.39, 0.29) is 24.3 Å². The molecule has 0 spiro atoms. The van der Waals surface area contributed by atoms with Gasteiger partial charge < -0.3 is 14.2 Å². The van der Waals surface area contributed by atoms with Gasteiger partial charge in [-0.05, 0) is 13.0 Å². The summed E-state index contributed by atoms with van der Waals surface area (Å²) in [5, 5.41) is 9.00. The first-order chi connectivity index (χ1) is 9.82. The minimum absolute atomic E-state index is 0.146. The SMILES string of the molecule is CCOC(=O)Cc1ccc(OC(F)(F)F)c(C#N)c1OC. The molecule has 1 aromatic rings. The summed E-state index contributed by atoms with van der Waals surface area (Å²) in [5.74, 6) is -1.41. The molecule has 21 heavy (non-hydrogen) atoms. The molecule has 1 aromatic carbocycles. The van der Waals surface area contributed by atoms with E-state index in [4.69, 9.17) is 14.7 Å². The van der Waals surface area contributed by atoms with E-state index < -0.39 is 23.6 Å². The lowest BCUT2D eigenvalue weighted by atomic mass is 10.1. The number of rotatable bonds is 5. The van der Waals surface area contributed by atoms with Gasteiger partial charge in [-0.15, -0.1) is 13.2 Å². The van der Waals surface area contributed by atoms with Crippen LogP contribution in [0.25, 0.3) is 0 Å². The van der Waals surface area contributed by atoms with Gasteiger partial charge in [0.05, 0.1) is 20.1 Å². The van der Waals surface area contributed by atoms with Gasteiger partial charge in [0, 0.05) is 5.56 Å². The molecular weight excluding hydrogens is 291 g/mol. The van der Waals surface area contributed by atoms with Crippen LogP contribution in [0.2, 0.25) is 0 Å². The lowest BCUT2D eigenvalue weighted by Crippen LogP contribution is -2.18. The van der Waals surface area contributed by atoms with Crippen molar-refractivity contribution >= 4 is 5.97 Å². The van der Waals surface area contributed by atoms with E-state index >= 15 is 0 Å². The van der Waals surface area contributed by atoms with Crippen molar-refractivity contribution in [1.82, 2.24) is 0 Å². The molecule has 0 saturated carbocycles. The second-order valence-corrected chi connectivity index (χ2v) is 3.77. The molecule has 0 aromatic heterocycles. The van der Waals surface area contributed by atoms with Crippen LogP contribution in [0.3, 0.4) is 0 Å². The fraction of sp³-hybridized carbons (Fsp3) is 0.385. The smallest absolute Gasteiger partial charge is 0.495 e. The molecule has 1 rings (SSSR count). The summed E-state index contributed by atoms with van der Waals surface area (Å²) in [7, 11) is 1.18. The fourth-order valence-electron chi connectivity index (χ4n) is 1.66. The van der Waals surface area contributed by atoms with Gasteiger partial charge >= 0.3 is 12.3 Å². The Morgan fingerprint density at radius 1 is 1.38 bits per heavy atom. The van der Waals surface area contributed by atoms with Gasteiger partial charge in [-0.25, -0.2) is 0 Å². The largest absolute Gasteiger partial charge is 0.573 e. The van der Waals surface area contributed by atoms with E-state index in [1.165, 1.54) is 13.2 Å². The molecule has 0 unspecified atom stereocenters. The lowest BCUT2D eigenvalue weighted by molar-refractivity contribution is -0.274. The van der Waals surface area contributed by atoms with Crippen LogP contribution in [0, 0.1) is 11.3 Å². The van der Waals surface area contributed by atoms with Gasteiger partial charge in [-0.2, -0.15) is 5.26 Å². The summed E-state index contributed by atoms with van der Waals surface area (Å²) in [6.45, 7) is 1.79. The summed E-state index contributed by atoms with van der Waals surface area (Å²) >= 11 is 0. The van der Waals surface area contributed by atoms with Gasteiger partial charge in [0.1, 0.15) is 17.4 Å². The second-order valence-electron chi connectivity index (χ2n) is 3.77. The molecule has 0 heterocycles. The fourth-order valence-corrected chi connectivity index (χ4v) is 1.66. The molecule has 0 N–H and O–H groups in total. The predicted molar refractivity (Wildman–Crippen MR) is 64.7 cm³/mol. The van der Waals surface area contributed by atoms with Crippen molar-refractivity contribution in [1.29, 1.82) is 5.26 Å². The average molecular weight is 303 g/mol. The number of nitriles is 1. The number of carbonyl (C=O) groups is 1. The van der Waals surface area contributed by atoms with Gasteiger partial charge in [-0.1, -0.05) is 6.07 Å². The van der Waals surface area contributed by atoms with Crippen molar-refractivity contribution in [3.8, 4) is 17.6 Å². The number of carbonyl (C=O) groups excluding carboxylic acids is 1. The Hall–Kier alpha value is -2.43. The highest BCUT2D eigenvalue weighted by atomic mass is 19.4. The average Bonchev–Trinajstić information content (AvgIpc) is 2.38. The Morgan fingerprint density at radius 3 is 2.52 bits per heavy atom. The van der Waals surface area contributed by atoms with E-state index in [2.05, 4.69) is 4.74 Å². The van der Waals surface area contributed by atoms with E-state index in [0.717, 1.165) is 6.07 Å². The maximum Gasteiger partial charge on any atom is 0.573 e. The first kappa shape index (κ1) is 16.6. The molecule has 8 heteroatoms. The number of alkyl halides is 3. The number of benzene rings is 1. The van der Waals surface area contributed by atoms with Gasteiger partial charge in [0.2, 0.25) is 0 Å². The summed E-state index contributed by atoms with van der Waals surface area (Å²) < 4.78 is 50.2. The van der Waals surface area contributed by atoms with Crippen LogP contribution in [-0.4, -0.2) is 26.0 Å². The molecule has 0 aliphatic carbocycles. The highest BCUT2D eigenvalue weighted by Gasteiger charge is 2.33. The first-order valence-electron chi connectivity index (χ1n) is 5.83. The molecule has 0 aliphatic heterocycles. The van der Waals surface area contributed by atoms with Crippen LogP contribution < -0.4 is 9.47 Å². The zero-order chi connectivity index (χ0) is 16.0. The molecule has 114 valence electrons. The molecule has 5 nitrogen and oxygen atoms in total. The van der Waals surface area contributed by atoms with Crippen LogP contribution in [0.4, 0.5) is 13.2 Å². The zero-order valence-corrected chi connectivity index (χ0v) is 11.3. The van der Waals surface area contributed by atoms with Crippen molar-refractivity contribution in [2.45, 2.75) is 19.7 Å². The highest BCUT2D eigenvalue weighted by Crippen LogP contribution is 2.35.